The molecule has 1 saturated heterocycles. The molecule has 1 aliphatic rings. The summed E-state index contributed by atoms with van der Waals surface area (Å²) in [6, 6.07) is 0. The molecule has 0 aromatic rings. The third-order valence-corrected chi connectivity index (χ3v) is 3.09. The molecule has 1 heterocycles. The van der Waals surface area contributed by atoms with Crippen LogP contribution in [-0.2, 0) is 10.8 Å². The molecule has 7 heavy (non-hydrogen) atoms. The average molecular weight is 119 g/mol. The van der Waals surface area contributed by atoms with Gasteiger partial charge in [0.2, 0.25) is 0 Å². The van der Waals surface area contributed by atoms with Gasteiger partial charge in [-0.25, -0.2) is 0 Å². The van der Waals surface area contributed by atoms with Crippen LogP contribution >= 0.6 is 0 Å². The highest BCUT2D eigenvalue weighted by molar-refractivity contribution is 7.87. The first-order valence-electron chi connectivity index (χ1n) is 2.42. The summed E-state index contributed by atoms with van der Waals surface area (Å²) in [6.45, 7) is 0.604. The van der Waals surface area contributed by atoms with E-state index in [9.17, 15) is 4.21 Å². The lowest BCUT2D eigenvalue weighted by atomic mass is 10.3. The topological polar surface area (TPSA) is 43.1 Å². The van der Waals surface area contributed by atoms with Crippen LogP contribution in [0.25, 0.3) is 0 Å². The van der Waals surface area contributed by atoms with Crippen molar-refractivity contribution in [2.24, 2.45) is 5.73 Å². The maximum atomic E-state index is 10.5. The van der Waals surface area contributed by atoms with E-state index in [1.807, 2.05) is 0 Å². The first-order valence-corrected chi connectivity index (χ1v) is 3.80. The highest BCUT2D eigenvalue weighted by atomic mass is 32.2. The van der Waals surface area contributed by atoms with E-state index in [4.69, 9.17) is 5.73 Å². The van der Waals surface area contributed by atoms with Crippen LogP contribution in [0.3, 0.4) is 0 Å². The summed E-state index contributed by atoms with van der Waals surface area (Å²) >= 11 is 0. The zero-order valence-corrected chi connectivity index (χ0v) is 4.91. The summed E-state index contributed by atoms with van der Waals surface area (Å²) in [7, 11) is -0.555. The number of hydrogen-bond acceptors (Lipinski definition) is 2. The van der Waals surface area contributed by atoms with Crippen LogP contribution in [0.4, 0.5) is 0 Å². The molecular formula is C4H9NOS. The van der Waals surface area contributed by atoms with E-state index in [-0.39, 0.29) is 0 Å². The van der Waals surface area contributed by atoms with E-state index in [2.05, 4.69) is 0 Å². The summed E-state index contributed by atoms with van der Waals surface area (Å²) in [6.07, 6.45) is 1.07. The van der Waals surface area contributed by atoms with Crippen molar-refractivity contribution in [2.75, 3.05) is 12.3 Å². The van der Waals surface area contributed by atoms with Crippen LogP contribution in [-0.4, -0.2) is 21.8 Å². The van der Waals surface area contributed by atoms with Crippen LogP contribution in [0, 0.1) is 0 Å². The van der Waals surface area contributed by atoms with Gasteiger partial charge in [-0.2, -0.15) is 0 Å². The van der Waals surface area contributed by atoms with Crippen molar-refractivity contribution in [2.45, 2.75) is 11.7 Å². The fraction of sp³-hybridized carbons (Fsp3) is 1.00. The Labute approximate surface area is 45.5 Å². The molecule has 1 rings (SSSR count). The summed E-state index contributed by atoms with van der Waals surface area (Å²) in [4.78, 5) is 0. The Kier molecular flexibility index (Phi) is 1.44. The number of nitrogens with two attached hydrogens (primary N) is 1. The van der Waals surface area contributed by atoms with Crippen LogP contribution in [0.5, 0.6) is 0 Å². The van der Waals surface area contributed by atoms with Crippen molar-refractivity contribution >= 4 is 10.8 Å². The third kappa shape index (κ3) is 0.836. The van der Waals surface area contributed by atoms with Gasteiger partial charge in [-0.05, 0) is 6.42 Å². The maximum Gasteiger partial charge on any atom is 0.0479 e. The first-order chi connectivity index (χ1) is 3.34. The lowest BCUT2D eigenvalue weighted by Crippen LogP contribution is -2.36. The van der Waals surface area contributed by atoms with Gasteiger partial charge >= 0.3 is 0 Å². The van der Waals surface area contributed by atoms with Gasteiger partial charge in [0.15, 0.2) is 0 Å². The van der Waals surface area contributed by atoms with E-state index in [1.54, 1.807) is 0 Å². The predicted molar refractivity (Wildman–Crippen MR) is 30.5 cm³/mol. The highest BCUT2D eigenvalue weighted by Gasteiger charge is 2.24. The van der Waals surface area contributed by atoms with Gasteiger partial charge in [0.25, 0.3) is 0 Å². The standard InChI is InChI=1S/C4H9NOS/c5-3-4-1-2-7(4)6/h4H,1-3,5H2. The van der Waals surface area contributed by atoms with Crippen molar-refractivity contribution in [3.63, 3.8) is 0 Å². The monoisotopic (exact) mass is 119 g/mol. The molecule has 0 aliphatic carbocycles. The molecule has 1 aliphatic heterocycles. The predicted octanol–water partition coefficient (Wildman–Crippen LogP) is -0.534. The fourth-order valence-corrected chi connectivity index (χ4v) is 1.58. The molecule has 2 N–H and O–H groups in total. The summed E-state index contributed by atoms with van der Waals surface area (Å²) in [5.41, 5.74) is 5.23. The number of hydrogen-bond donors (Lipinski definition) is 1. The molecule has 1 fully saturated rings. The van der Waals surface area contributed by atoms with E-state index in [0.717, 1.165) is 12.2 Å². The minimum atomic E-state index is -0.555. The summed E-state index contributed by atoms with van der Waals surface area (Å²) in [5.74, 6) is 0.877. The second-order valence-corrected chi connectivity index (χ2v) is 3.57. The molecule has 0 saturated carbocycles. The minimum absolute atomic E-state index is 0.333. The molecular weight excluding hydrogens is 110 g/mol. The van der Waals surface area contributed by atoms with Gasteiger partial charge in [-0.3, -0.25) is 4.21 Å². The molecule has 0 amide bonds. The van der Waals surface area contributed by atoms with E-state index in [1.165, 1.54) is 0 Å². The Morgan fingerprint density at radius 3 is 2.57 bits per heavy atom. The van der Waals surface area contributed by atoms with Crippen LogP contribution in [0.15, 0.2) is 0 Å². The summed E-state index contributed by atoms with van der Waals surface area (Å²) < 4.78 is 10.5. The van der Waals surface area contributed by atoms with Crippen LogP contribution in [0.1, 0.15) is 6.42 Å². The molecule has 42 valence electrons. The van der Waals surface area contributed by atoms with E-state index < -0.39 is 10.8 Å². The second kappa shape index (κ2) is 1.92. The zero-order valence-electron chi connectivity index (χ0n) is 4.09. The van der Waals surface area contributed by atoms with Gasteiger partial charge in [0.1, 0.15) is 0 Å². The van der Waals surface area contributed by atoms with Gasteiger partial charge in [-0.1, -0.05) is 0 Å². The normalized spacial score (nSPS) is 40.1. The highest BCUT2D eigenvalue weighted by Crippen LogP contribution is 2.13. The molecule has 0 aromatic carbocycles. The van der Waals surface area contributed by atoms with Crippen LogP contribution in [0.2, 0.25) is 0 Å². The van der Waals surface area contributed by atoms with Gasteiger partial charge in [0.05, 0.1) is 0 Å². The van der Waals surface area contributed by atoms with Gasteiger partial charge in [0, 0.05) is 28.3 Å². The van der Waals surface area contributed by atoms with Gasteiger partial charge in [-0.15, -0.1) is 0 Å². The Balaban J connectivity index is 2.29. The summed E-state index contributed by atoms with van der Waals surface area (Å²) in [5, 5.41) is 0.333. The molecule has 0 aromatic heterocycles. The van der Waals surface area contributed by atoms with Gasteiger partial charge < -0.3 is 5.73 Å². The van der Waals surface area contributed by atoms with Crippen molar-refractivity contribution in [1.29, 1.82) is 0 Å². The quantitative estimate of drug-likeness (QED) is 0.504. The SMILES string of the molecule is NCC1CCS1=O. The first kappa shape index (κ1) is 5.25. The molecule has 2 atom stereocenters. The average Bonchev–Trinajstić information content (AvgIpc) is 1.65. The Morgan fingerprint density at radius 1 is 1.86 bits per heavy atom. The van der Waals surface area contributed by atoms with E-state index in [0.29, 0.717) is 11.8 Å². The molecule has 0 spiro atoms. The minimum Gasteiger partial charge on any atom is -0.329 e. The largest absolute Gasteiger partial charge is 0.329 e. The smallest absolute Gasteiger partial charge is 0.0479 e. The van der Waals surface area contributed by atoms with Crippen molar-refractivity contribution in [3.8, 4) is 0 Å². The Morgan fingerprint density at radius 2 is 2.57 bits per heavy atom. The fourth-order valence-electron chi connectivity index (χ4n) is 0.606. The molecule has 3 heteroatoms. The lowest BCUT2D eigenvalue weighted by molar-refractivity contribution is 0.638. The Hall–Kier alpha value is 0.110. The molecule has 0 bridgehead atoms. The molecule has 2 unspecified atom stereocenters. The van der Waals surface area contributed by atoms with Crippen molar-refractivity contribution in [1.82, 2.24) is 0 Å². The maximum absolute atomic E-state index is 10.5. The van der Waals surface area contributed by atoms with Crippen molar-refractivity contribution < 1.29 is 4.21 Å². The molecule has 2 nitrogen and oxygen atoms in total. The number of rotatable bonds is 1. The van der Waals surface area contributed by atoms with E-state index >= 15 is 0 Å². The molecule has 0 radical (unpaired) electrons. The Bertz CT molecular complexity index is 91.7. The van der Waals surface area contributed by atoms with Crippen molar-refractivity contribution in [3.05, 3.63) is 0 Å². The zero-order chi connectivity index (χ0) is 5.28. The van der Waals surface area contributed by atoms with Crippen LogP contribution < -0.4 is 5.73 Å². The lowest BCUT2D eigenvalue weighted by Gasteiger charge is -2.22. The second-order valence-electron chi connectivity index (χ2n) is 1.73. The third-order valence-electron chi connectivity index (χ3n) is 1.28.